The molecule has 0 fully saturated rings. The molecule has 3 N–H and O–H groups in total. The Morgan fingerprint density at radius 2 is 1.61 bits per heavy atom. The van der Waals surface area contributed by atoms with Crippen LogP contribution in [0.5, 0.6) is 0 Å². The minimum Gasteiger partial charge on any atom is -0.481 e. The summed E-state index contributed by atoms with van der Waals surface area (Å²) in [6, 6.07) is 15.9. The van der Waals surface area contributed by atoms with E-state index in [0.29, 0.717) is 12.8 Å². The van der Waals surface area contributed by atoms with Gasteiger partial charge in [0, 0.05) is 24.9 Å². The van der Waals surface area contributed by atoms with Gasteiger partial charge in [-0.25, -0.2) is 4.79 Å². The molecule has 0 saturated heterocycles. The third-order valence-corrected chi connectivity index (χ3v) is 6.12. The van der Waals surface area contributed by atoms with Gasteiger partial charge in [-0.05, 0) is 35.1 Å². The van der Waals surface area contributed by atoms with Crippen LogP contribution in [-0.2, 0) is 14.3 Å². The van der Waals surface area contributed by atoms with Crippen LogP contribution in [0.25, 0.3) is 11.1 Å². The van der Waals surface area contributed by atoms with Crippen LogP contribution in [0.3, 0.4) is 0 Å². The Labute approximate surface area is 194 Å². The molecule has 7 nitrogen and oxygen atoms in total. The molecular formula is C26H32N2O5. The Hall–Kier alpha value is -3.35. The highest BCUT2D eigenvalue weighted by molar-refractivity contribution is 5.80. The van der Waals surface area contributed by atoms with Crippen LogP contribution >= 0.6 is 0 Å². The maximum atomic E-state index is 12.5. The van der Waals surface area contributed by atoms with E-state index >= 15 is 0 Å². The third-order valence-electron chi connectivity index (χ3n) is 6.12. The van der Waals surface area contributed by atoms with E-state index in [9.17, 15) is 19.5 Å². The van der Waals surface area contributed by atoms with Gasteiger partial charge in [-0.1, -0.05) is 68.8 Å². The smallest absolute Gasteiger partial charge is 0.407 e. The van der Waals surface area contributed by atoms with Gasteiger partial charge in [0.05, 0.1) is 5.92 Å². The SMILES string of the molecule is CCCC(CNC(=O)CC(CC)NC(=O)OCC1c2ccccc2-c2ccccc21)C(=O)O. The van der Waals surface area contributed by atoms with E-state index in [4.69, 9.17) is 4.74 Å². The monoisotopic (exact) mass is 452 g/mol. The Bertz CT molecular complexity index is 945. The number of nitrogens with one attached hydrogen (secondary N) is 2. The summed E-state index contributed by atoms with van der Waals surface area (Å²) in [7, 11) is 0. The molecule has 0 spiro atoms. The number of aliphatic carboxylic acids is 1. The highest BCUT2D eigenvalue weighted by atomic mass is 16.5. The standard InChI is InChI=1S/C26H32N2O5/c1-3-9-17(25(30)31)15-27-24(29)14-18(4-2)28-26(32)33-16-23-21-12-7-5-10-19(21)20-11-6-8-13-22(20)23/h5-8,10-13,17-18,23H,3-4,9,14-16H2,1-2H3,(H,27,29)(H,28,32)(H,30,31). The molecule has 0 saturated carbocycles. The van der Waals surface area contributed by atoms with Gasteiger partial charge in [-0.2, -0.15) is 0 Å². The molecule has 0 bridgehead atoms. The number of carbonyl (C=O) groups excluding carboxylic acids is 2. The highest BCUT2D eigenvalue weighted by Crippen LogP contribution is 2.44. The normalized spacial score (nSPS) is 14.0. The number of rotatable bonds is 11. The zero-order valence-corrected chi connectivity index (χ0v) is 19.2. The highest BCUT2D eigenvalue weighted by Gasteiger charge is 2.29. The van der Waals surface area contributed by atoms with Gasteiger partial charge in [-0.15, -0.1) is 0 Å². The summed E-state index contributed by atoms with van der Waals surface area (Å²) in [6.45, 7) is 4.07. The van der Waals surface area contributed by atoms with Crippen molar-refractivity contribution in [1.29, 1.82) is 0 Å². The van der Waals surface area contributed by atoms with Crippen LogP contribution in [0.15, 0.2) is 48.5 Å². The van der Waals surface area contributed by atoms with Crippen LogP contribution in [-0.4, -0.2) is 42.3 Å². The van der Waals surface area contributed by atoms with Crippen molar-refractivity contribution in [3.8, 4) is 11.1 Å². The Kier molecular flexibility index (Phi) is 8.46. The van der Waals surface area contributed by atoms with Crippen molar-refractivity contribution >= 4 is 18.0 Å². The molecule has 7 heteroatoms. The average Bonchev–Trinajstić information content (AvgIpc) is 3.13. The van der Waals surface area contributed by atoms with Gasteiger partial charge in [0.25, 0.3) is 0 Å². The van der Waals surface area contributed by atoms with E-state index < -0.39 is 24.0 Å². The number of benzene rings is 2. The van der Waals surface area contributed by atoms with Crippen molar-refractivity contribution in [2.24, 2.45) is 5.92 Å². The molecule has 0 aromatic heterocycles. The number of hydrogen-bond donors (Lipinski definition) is 3. The zero-order valence-electron chi connectivity index (χ0n) is 19.2. The first-order valence-corrected chi connectivity index (χ1v) is 11.6. The van der Waals surface area contributed by atoms with Crippen LogP contribution < -0.4 is 10.6 Å². The van der Waals surface area contributed by atoms with E-state index in [2.05, 4.69) is 34.9 Å². The topological polar surface area (TPSA) is 105 Å². The van der Waals surface area contributed by atoms with E-state index in [1.54, 1.807) is 0 Å². The van der Waals surface area contributed by atoms with Crippen molar-refractivity contribution in [3.63, 3.8) is 0 Å². The molecule has 0 radical (unpaired) electrons. The molecule has 2 atom stereocenters. The molecule has 0 aliphatic heterocycles. The summed E-state index contributed by atoms with van der Waals surface area (Å²) in [5, 5.41) is 14.7. The van der Waals surface area contributed by atoms with Crippen molar-refractivity contribution < 1.29 is 24.2 Å². The maximum absolute atomic E-state index is 12.5. The molecule has 2 amide bonds. The molecular weight excluding hydrogens is 420 g/mol. The molecule has 2 unspecified atom stereocenters. The maximum Gasteiger partial charge on any atom is 0.407 e. The number of carboxylic acids is 1. The van der Waals surface area contributed by atoms with Crippen molar-refractivity contribution in [3.05, 3.63) is 59.7 Å². The van der Waals surface area contributed by atoms with Gasteiger partial charge < -0.3 is 20.5 Å². The quantitative estimate of drug-likeness (QED) is 0.471. The predicted molar refractivity (Wildman–Crippen MR) is 126 cm³/mol. The lowest BCUT2D eigenvalue weighted by molar-refractivity contribution is -0.141. The molecule has 1 aliphatic rings. The van der Waals surface area contributed by atoms with Gasteiger partial charge in [0.1, 0.15) is 6.61 Å². The lowest BCUT2D eigenvalue weighted by atomic mass is 9.98. The largest absolute Gasteiger partial charge is 0.481 e. The van der Waals surface area contributed by atoms with E-state index in [-0.39, 0.29) is 31.4 Å². The van der Waals surface area contributed by atoms with Gasteiger partial charge in [0.2, 0.25) is 5.91 Å². The second kappa shape index (κ2) is 11.5. The lowest BCUT2D eigenvalue weighted by Crippen LogP contribution is -2.41. The molecule has 0 heterocycles. The number of amides is 2. The lowest BCUT2D eigenvalue weighted by Gasteiger charge is -2.19. The summed E-state index contributed by atoms with van der Waals surface area (Å²) in [4.78, 5) is 36.0. The second-order valence-electron chi connectivity index (χ2n) is 8.41. The minimum atomic E-state index is -0.916. The first-order chi connectivity index (χ1) is 15.9. The van der Waals surface area contributed by atoms with Crippen LogP contribution in [0.2, 0.25) is 0 Å². The van der Waals surface area contributed by atoms with Crippen molar-refractivity contribution in [2.45, 2.75) is 51.5 Å². The van der Waals surface area contributed by atoms with E-state index in [1.165, 1.54) is 0 Å². The molecule has 3 rings (SSSR count). The third kappa shape index (κ3) is 6.12. The number of carbonyl (C=O) groups is 3. The Morgan fingerprint density at radius 1 is 1.00 bits per heavy atom. The first-order valence-electron chi connectivity index (χ1n) is 11.6. The summed E-state index contributed by atoms with van der Waals surface area (Å²) in [5.41, 5.74) is 4.59. The average molecular weight is 453 g/mol. The number of alkyl carbamates (subject to hydrolysis) is 1. The summed E-state index contributed by atoms with van der Waals surface area (Å²) in [6.07, 6.45) is 1.29. The fourth-order valence-electron chi connectivity index (χ4n) is 4.30. The number of ether oxygens (including phenoxy) is 1. The first kappa shape index (κ1) is 24.3. The Balaban J connectivity index is 1.51. The molecule has 33 heavy (non-hydrogen) atoms. The van der Waals surface area contributed by atoms with Crippen molar-refractivity contribution in [2.75, 3.05) is 13.2 Å². The summed E-state index contributed by atoms with van der Waals surface area (Å²) < 4.78 is 5.56. The van der Waals surface area contributed by atoms with Gasteiger partial charge in [-0.3, -0.25) is 9.59 Å². The molecule has 176 valence electrons. The number of fused-ring (bicyclic) bond motifs is 3. The Morgan fingerprint density at radius 3 is 2.15 bits per heavy atom. The molecule has 1 aliphatic carbocycles. The van der Waals surface area contributed by atoms with E-state index in [1.807, 2.05) is 38.1 Å². The van der Waals surface area contributed by atoms with Crippen LogP contribution in [0, 0.1) is 5.92 Å². The fraction of sp³-hybridized carbons (Fsp3) is 0.423. The summed E-state index contributed by atoms with van der Waals surface area (Å²) >= 11 is 0. The zero-order chi connectivity index (χ0) is 23.8. The minimum absolute atomic E-state index is 0.0296. The fourth-order valence-corrected chi connectivity index (χ4v) is 4.30. The predicted octanol–water partition coefficient (Wildman–Crippen LogP) is 4.31. The van der Waals surface area contributed by atoms with Crippen LogP contribution in [0.1, 0.15) is 56.6 Å². The number of carboxylic acid groups (broad SMARTS) is 1. The molecule has 2 aromatic rings. The van der Waals surface area contributed by atoms with Crippen LogP contribution in [0.4, 0.5) is 4.79 Å². The van der Waals surface area contributed by atoms with Gasteiger partial charge in [0.15, 0.2) is 0 Å². The van der Waals surface area contributed by atoms with E-state index in [0.717, 1.165) is 28.7 Å². The second-order valence-corrected chi connectivity index (χ2v) is 8.41. The van der Waals surface area contributed by atoms with Crippen molar-refractivity contribution in [1.82, 2.24) is 10.6 Å². The van der Waals surface area contributed by atoms with Gasteiger partial charge >= 0.3 is 12.1 Å². The summed E-state index contributed by atoms with van der Waals surface area (Å²) in [5.74, 6) is -1.84. The molecule has 2 aromatic carbocycles. The number of hydrogen-bond acceptors (Lipinski definition) is 4.